The Labute approximate surface area is 199 Å². The summed E-state index contributed by atoms with van der Waals surface area (Å²) in [5.74, 6) is -0.0602. The molecule has 0 spiro atoms. The van der Waals surface area contributed by atoms with Crippen LogP contribution in [0.2, 0.25) is 0 Å². The van der Waals surface area contributed by atoms with E-state index in [1.807, 2.05) is 24.3 Å². The molecule has 1 amide bonds. The van der Waals surface area contributed by atoms with Gasteiger partial charge in [0.2, 0.25) is 5.91 Å². The molecule has 1 aliphatic rings. The van der Waals surface area contributed by atoms with Crippen molar-refractivity contribution in [2.45, 2.75) is 25.5 Å². The van der Waals surface area contributed by atoms with Gasteiger partial charge in [-0.1, -0.05) is 36.4 Å². The number of aliphatic hydroxyl groups excluding tert-OH is 1. The third-order valence-electron chi connectivity index (χ3n) is 6.09. The van der Waals surface area contributed by atoms with E-state index in [1.165, 1.54) is 0 Å². The first-order valence-electron chi connectivity index (χ1n) is 11.4. The average Bonchev–Trinajstić information content (AvgIpc) is 2.86. The highest BCUT2D eigenvalue weighted by atomic mass is 16.3. The van der Waals surface area contributed by atoms with Crippen molar-refractivity contribution in [3.8, 4) is 5.75 Å². The molecule has 4 N–H and O–H groups in total. The molecule has 0 saturated carbocycles. The van der Waals surface area contributed by atoms with Crippen molar-refractivity contribution in [1.82, 2.24) is 4.90 Å². The van der Waals surface area contributed by atoms with Crippen LogP contribution in [0.1, 0.15) is 34.3 Å². The summed E-state index contributed by atoms with van der Waals surface area (Å²) >= 11 is 0. The highest BCUT2D eigenvalue weighted by Crippen LogP contribution is 2.27. The number of phenols is 1. The van der Waals surface area contributed by atoms with Crippen molar-refractivity contribution in [3.05, 3.63) is 89.5 Å². The van der Waals surface area contributed by atoms with Crippen LogP contribution in [0.4, 0.5) is 11.4 Å². The van der Waals surface area contributed by atoms with Gasteiger partial charge in [0, 0.05) is 47.2 Å². The number of amides is 1. The first-order chi connectivity index (χ1) is 16.5. The highest BCUT2D eigenvalue weighted by Gasteiger charge is 2.22. The topological polar surface area (TPSA) is 102 Å². The number of piperidine rings is 1. The van der Waals surface area contributed by atoms with Gasteiger partial charge >= 0.3 is 0 Å². The molecule has 4 rings (SSSR count). The van der Waals surface area contributed by atoms with Crippen LogP contribution in [0, 0.1) is 0 Å². The zero-order valence-electron chi connectivity index (χ0n) is 18.9. The lowest BCUT2D eigenvalue weighted by Gasteiger charge is -2.32. The van der Waals surface area contributed by atoms with E-state index in [0.717, 1.165) is 31.6 Å². The molecular formula is C27H29N3O4. The lowest BCUT2D eigenvalue weighted by atomic mass is 10.0. The van der Waals surface area contributed by atoms with Gasteiger partial charge in [-0.15, -0.1) is 0 Å². The van der Waals surface area contributed by atoms with Crippen molar-refractivity contribution in [1.29, 1.82) is 0 Å². The fourth-order valence-corrected chi connectivity index (χ4v) is 4.20. The first kappa shape index (κ1) is 23.5. The van der Waals surface area contributed by atoms with Gasteiger partial charge in [0.15, 0.2) is 5.78 Å². The molecule has 7 nitrogen and oxygen atoms in total. The lowest BCUT2D eigenvalue weighted by Crippen LogP contribution is -2.42. The summed E-state index contributed by atoms with van der Waals surface area (Å²) in [6.07, 6.45) is 1.70. The number of benzene rings is 3. The zero-order valence-corrected chi connectivity index (χ0v) is 18.9. The van der Waals surface area contributed by atoms with Gasteiger partial charge in [-0.3, -0.25) is 14.5 Å². The summed E-state index contributed by atoms with van der Waals surface area (Å²) in [7, 11) is 0. The largest absolute Gasteiger partial charge is 0.508 e. The van der Waals surface area contributed by atoms with Gasteiger partial charge in [-0.2, -0.15) is 0 Å². The van der Waals surface area contributed by atoms with Gasteiger partial charge in [0.1, 0.15) is 5.75 Å². The maximum atomic E-state index is 12.5. The Morgan fingerprint density at radius 2 is 1.56 bits per heavy atom. The van der Waals surface area contributed by atoms with Crippen molar-refractivity contribution in [3.63, 3.8) is 0 Å². The summed E-state index contributed by atoms with van der Waals surface area (Å²) in [6.45, 7) is 1.60. The predicted molar refractivity (Wildman–Crippen MR) is 132 cm³/mol. The quantitative estimate of drug-likeness (QED) is 0.384. The fourth-order valence-electron chi connectivity index (χ4n) is 4.20. The number of ketones is 1. The minimum absolute atomic E-state index is 0.0493. The molecule has 3 aromatic carbocycles. The summed E-state index contributed by atoms with van der Waals surface area (Å²) < 4.78 is 0. The molecule has 0 aliphatic carbocycles. The third kappa shape index (κ3) is 5.81. The maximum Gasteiger partial charge on any atom is 0.238 e. The van der Waals surface area contributed by atoms with Gasteiger partial charge in [-0.25, -0.2) is 0 Å². The van der Waals surface area contributed by atoms with Gasteiger partial charge in [0.25, 0.3) is 0 Å². The Morgan fingerprint density at radius 3 is 2.24 bits per heavy atom. The van der Waals surface area contributed by atoms with Crippen molar-refractivity contribution >= 4 is 23.1 Å². The standard InChI is InChI=1S/C27H29N3O4/c31-18-23-24(7-4-8-25(23)32)28-22-13-15-30(16-14-22)17-26(33)29-21-11-9-20(10-12-21)27(34)19-5-2-1-3-6-19/h1-12,22,28,31-32H,13-18H2,(H,29,33). The SMILES string of the molecule is O=C(CN1CCC(Nc2cccc(O)c2CO)CC1)Nc1ccc(C(=O)c2ccccc2)cc1. The maximum absolute atomic E-state index is 12.5. The van der Waals surface area contributed by atoms with E-state index in [-0.39, 0.29) is 30.1 Å². The third-order valence-corrected chi connectivity index (χ3v) is 6.09. The molecule has 3 aromatic rings. The number of carbonyl (C=O) groups excluding carboxylic acids is 2. The molecule has 1 aliphatic heterocycles. The van der Waals surface area contributed by atoms with Crippen molar-refractivity contribution in [2.24, 2.45) is 0 Å². The summed E-state index contributed by atoms with van der Waals surface area (Å²) in [6, 6.07) is 21.4. The second kappa shape index (κ2) is 11.0. The Morgan fingerprint density at radius 1 is 0.882 bits per heavy atom. The van der Waals surface area contributed by atoms with Crippen LogP contribution in [0.5, 0.6) is 5.75 Å². The number of hydrogen-bond acceptors (Lipinski definition) is 6. The number of nitrogens with one attached hydrogen (secondary N) is 2. The van der Waals surface area contributed by atoms with E-state index in [4.69, 9.17) is 0 Å². The van der Waals surface area contributed by atoms with Crippen LogP contribution in [-0.2, 0) is 11.4 Å². The molecule has 0 aromatic heterocycles. The van der Waals surface area contributed by atoms with Crippen LogP contribution < -0.4 is 10.6 Å². The number of rotatable bonds is 8. The van der Waals surface area contributed by atoms with Crippen LogP contribution in [0.3, 0.4) is 0 Å². The van der Waals surface area contributed by atoms with E-state index in [1.54, 1.807) is 48.5 Å². The first-order valence-corrected chi connectivity index (χ1v) is 11.4. The molecule has 0 bridgehead atoms. The molecule has 1 saturated heterocycles. The Hall–Kier alpha value is -3.68. The van der Waals surface area contributed by atoms with Crippen molar-refractivity contribution < 1.29 is 19.8 Å². The minimum atomic E-state index is -0.227. The molecule has 7 heteroatoms. The predicted octanol–water partition coefficient (Wildman–Crippen LogP) is 3.63. The van der Waals surface area contributed by atoms with E-state index in [2.05, 4.69) is 15.5 Å². The summed E-state index contributed by atoms with van der Waals surface area (Å²) in [4.78, 5) is 27.1. The monoisotopic (exact) mass is 459 g/mol. The molecular weight excluding hydrogens is 430 g/mol. The van der Waals surface area contributed by atoms with Gasteiger partial charge < -0.3 is 20.8 Å². The number of carbonyl (C=O) groups is 2. The Balaban J connectivity index is 1.24. The van der Waals surface area contributed by atoms with E-state index in [0.29, 0.717) is 28.9 Å². The van der Waals surface area contributed by atoms with Crippen LogP contribution >= 0.6 is 0 Å². The second-order valence-electron chi connectivity index (χ2n) is 8.48. The number of anilines is 2. The van der Waals surface area contributed by atoms with E-state index < -0.39 is 0 Å². The Bertz CT molecular complexity index is 1120. The summed E-state index contributed by atoms with van der Waals surface area (Å²) in [5, 5.41) is 25.7. The number of likely N-dealkylation sites (tertiary alicyclic amines) is 1. The van der Waals surface area contributed by atoms with E-state index >= 15 is 0 Å². The average molecular weight is 460 g/mol. The lowest BCUT2D eigenvalue weighted by molar-refractivity contribution is -0.117. The normalized spacial score (nSPS) is 14.5. The smallest absolute Gasteiger partial charge is 0.238 e. The van der Waals surface area contributed by atoms with E-state index in [9.17, 15) is 19.8 Å². The highest BCUT2D eigenvalue weighted by molar-refractivity contribution is 6.09. The fraction of sp³-hybridized carbons (Fsp3) is 0.259. The zero-order chi connectivity index (χ0) is 23.9. The number of nitrogens with zero attached hydrogens (tertiary/aromatic N) is 1. The number of aromatic hydroxyl groups is 1. The molecule has 1 fully saturated rings. The van der Waals surface area contributed by atoms with Crippen LogP contribution in [-0.4, -0.2) is 52.5 Å². The molecule has 1 heterocycles. The molecule has 0 atom stereocenters. The van der Waals surface area contributed by atoms with Gasteiger partial charge in [0.05, 0.1) is 13.2 Å². The molecule has 0 unspecified atom stereocenters. The minimum Gasteiger partial charge on any atom is -0.508 e. The molecule has 176 valence electrons. The van der Waals surface area contributed by atoms with Crippen LogP contribution in [0.15, 0.2) is 72.8 Å². The van der Waals surface area contributed by atoms with Crippen molar-refractivity contribution in [2.75, 3.05) is 30.3 Å². The number of hydrogen-bond donors (Lipinski definition) is 4. The summed E-state index contributed by atoms with van der Waals surface area (Å²) in [5.41, 5.74) is 3.11. The van der Waals surface area contributed by atoms with Crippen LogP contribution in [0.25, 0.3) is 0 Å². The molecule has 34 heavy (non-hydrogen) atoms. The Kier molecular flexibility index (Phi) is 7.57. The molecule has 0 radical (unpaired) electrons. The van der Waals surface area contributed by atoms with Gasteiger partial charge in [-0.05, 0) is 49.2 Å². The number of aliphatic hydroxyl groups is 1. The second-order valence-corrected chi connectivity index (χ2v) is 8.48.